The molecule has 148 valence electrons. The van der Waals surface area contributed by atoms with Crippen molar-refractivity contribution >= 4 is 5.97 Å². The van der Waals surface area contributed by atoms with E-state index in [1.165, 1.54) is 64.2 Å². The highest BCUT2D eigenvalue weighted by Gasteiger charge is 2.15. The number of ether oxygens (including phenoxy) is 1. The van der Waals surface area contributed by atoms with Crippen LogP contribution in [0.25, 0.3) is 0 Å². The van der Waals surface area contributed by atoms with E-state index < -0.39 is 0 Å². The van der Waals surface area contributed by atoms with Gasteiger partial charge in [-0.1, -0.05) is 95.8 Å². The van der Waals surface area contributed by atoms with Crippen molar-refractivity contribution in [2.24, 2.45) is 0 Å². The van der Waals surface area contributed by atoms with Gasteiger partial charge in [-0.25, -0.2) is 4.79 Å². The number of hydrogen-bond acceptors (Lipinski definition) is 2. The summed E-state index contributed by atoms with van der Waals surface area (Å²) >= 11 is 0. The third-order valence-electron chi connectivity index (χ3n) is 5.02. The standard InChI is InChI=1S/C24H40O2/c1-4-6-7-8-9-10-11-12-13-14-19-23(16-5-2)26-24(25)22-18-15-17-21(3)20-22/h15,17-18,20,23H,4-14,16,19H2,1-3H3. The van der Waals surface area contributed by atoms with Crippen molar-refractivity contribution in [1.29, 1.82) is 0 Å². The van der Waals surface area contributed by atoms with Crippen LogP contribution in [0.4, 0.5) is 0 Å². The zero-order valence-corrected chi connectivity index (χ0v) is 17.4. The Balaban J connectivity index is 2.17. The van der Waals surface area contributed by atoms with Crippen LogP contribution in [0.1, 0.15) is 113 Å². The zero-order chi connectivity index (χ0) is 19.0. The van der Waals surface area contributed by atoms with E-state index >= 15 is 0 Å². The number of aryl methyl sites for hydroxylation is 1. The highest BCUT2D eigenvalue weighted by atomic mass is 16.5. The van der Waals surface area contributed by atoms with Gasteiger partial charge in [0.15, 0.2) is 0 Å². The summed E-state index contributed by atoms with van der Waals surface area (Å²) in [7, 11) is 0. The molecule has 0 amide bonds. The lowest BCUT2D eigenvalue weighted by Gasteiger charge is -2.17. The third-order valence-corrected chi connectivity index (χ3v) is 5.02. The Labute approximate surface area is 161 Å². The van der Waals surface area contributed by atoms with Crippen molar-refractivity contribution in [2.75, 3.05) is 0 Å². The molecular weight excluding hydrogens is 320 g/mol. The molecule has 0 N–H and O–H groups in total. The molecule has 1 unspecified atom stereocenters. The van der Waals surface area contributed by atoms with Gasteiger partial charge in [0.2, 0.25) is 0 Å². The number of unbranched alkanes of at least 4 members (excludes halogenated alkanes) is 9. The lowest BCUT2D eigenvalue weighted by molar-refractivity contribution is 0.0253. The molecule has 0 aliphatic heterocycles. The average molecular weight is 361 g/mol. The van der Waals surface area contributed by atoms with Crippen molar-refractivity contribution in [2.45, 2.75) is 110 Å². The molecule has 0 spiro atoms. The first-order valence-electron chi connectivity index (χ1n) is 10.9. The first-order valence-corrected chi connectivity index (χ1v) is 10.9. The molecule has 26 heavy (non-hydrogen) atoms. The third kappa shape index (κ3) is 10.6. The molecule has 0 bridgehead atoms. The van der Waals surface area contributed by atoms with Crippen molar-refractivity contribution in [1.82, 2.24) is 0 Å². The maximum absolute atomic E-state index is 12.3. The van der Waals surface area contributed by atoms with Crippen LogP contribution in [0, 0.1) is 6.92 Å². The van der Waals surface area contributed by atoms with Gasteiger partial charge in [0.05, 0.1) is 5.56 Å². The molecule has 1 aromatic carbocycles. The number of rotatable bonds is 15. The van der Waals surface area contributed by atoms with E-state index in [0.29, 0.717) is 5.56 Å². The minimum Gasteiger partial charge on any atom is -0.459 e. The maximum Gasteiger partial charge on any atom is 0.338 e. The summed E-state index contributed by atoms with van der Waals surface area (Å²) in [6.07, 6.45) is 16.5. The van der Waals surface area contributed by atoms with Gasteiger partial charge in [0, 0.05) is 0 Å². The van der Waals surface area contributed by atoms with Crippen LogP contribution in [0.2, 0.25) is 0 Å². The number of esters is 1. The van der Waals surface area contributed by atoms with E-state index in [2.05, 4.69) is 13.8 Å². The van der Waals surface area contributed by atoms with Gasteiger partial charge in [0.25, 0.3) is 0 Å². The molecule has 0 radical (unpaired) electrons. The van der Waals surface area contributed by atoms with E-state index in [0.717, 1.165) is 24.8 Å². The van der Waals surface area contributed by atoms with E-state index in [1.807, 2.05) is 31.2 Å². The van der Waals surface area contributed by atoms with Gasteiger partial charge in [-0.15, -0.1) is 0 Å². The van der Waals surface area contributed by atoms with Crippen LogP contribution in [-0.4, -0.2) is 12.1 Å². The van der Waals surface area contributed by atoms with Crippen molar-refractivity contribution in [3.63, 3.8) is 0 Å². The summed E-state index contributed by atoms with van der Waals surface area (Å²) in [5.41, 5.74) is 1.77. The van der Waals surface area contributed by atoms with Crippen molar-refractivity contribution in [3.8, 4) is 0 Å². The van der Waals surface area contributed by atoms with E-state index in [9.17, 15) is 4.79 Å². The monoisotopic (exact) mass is 360 g/mol. The summed E-state index contributed by atoms with van der Waals surface area (Å²) in [5, 5.41) is 0. The SMILES string of the molecule is CCCCCCCCCCCCC(CCC)OC(=O)c1cccc(C)c1. The number of carbonyl (C=O) groups excluding carboxylic acids is 1. The lowest BCUT2D eigenvalue weighted by atomic mass is 10.0. The predicted molar refractivity (Wildman–Crippen MR) is 112 cm³/mol. The van der Waals surface area contributed by atoms with Crippen molar-refractivity contribution < 1.29 is 9.53 Å². The van der Waals surface area contributed by atoms with E-state index in [1.54, 1.807) is 0 Å². The quantitative estimate of drug-likeness (QED) is 0.237. The summed E-state index contributed by atoms with van der Waals surface area (Å²) in [6.45, 7) is 6.43. The van der Waals surface area contributed by atoms with E-state index in [-0.39, 0.29) is 12.1 Å². The first-order chi connectivity index (χ1) is 12.7. The minimum absolute atomic E-state index is 0.0713. The molecule has 0 aromatic heterocycles. The molecule has 0 aliphatic carbocycles. The lowest BCUT2D eigenvalue weighted by Crippen LogP contribution is -2.18. The molecular formula is C24H40O2. The van der Waals surface area contributed by atoms with Gasteiger partial charge in [-0.2, -0.15) is 0 Å². The molecule has 0 saturated carbocycles. The fourth-order valence-corrected chi connectivity index (χ4v) is 3.44. The van der Waals surface area contributed by atoms with Gasteiger partial charge < -0.3 is 4.74 Å². The van der Waals surface area contributed by atoms with Gasteiger partial charge in [0.1, 0.15) is 6.10 Å². The molecule has 0 aliphatic rings. The zero-order valence-electron chi connectivity index (χ0n) is 17.4. The first kappa shape index (κ1) is 22.7. The van der Waals surface area contributed by atoms with Gasteiger partial charge >= 0.3 is 5.97 Å². The number of hydrogen-bond donors (Lipinski definition) is 0. The fraction of sp³-hybridized carbons (Fsp3) is 0.708. The highest BCUT2D eigenvalue weighted by Crippen LogP contribution is 2.17. The second-order valence-corrected chi connectivity index (χ2v) is 7.66. The van der Waals surface area contributed by atoms with Gasteiger partial charge in [-0.05, 0) is 38.3 Å². The number of carbonyl (C=O) groups is 1. The topological polar surface area (TPSA) is 26.3 Å². The Kier molecular flexibility index (Phi) is 13.0. The highest BCUT2D eigenvalue weighted by molar-refractivity contribution is 5.89. The molecule has 2 heteroatoms. The second-order valence-electron chi connectivity index (χ2n) is 7.66. The minimum atomic E-state index is -0.167. The Hall–Kier alpha value is -1.31. The average Bonchev–Trinajstić information content (AvgIpc) is 2.63. The summed E-state index contributed by atoms with van der Waals surface area (Å²) in [6, 6.07) is 7.68. The molecule has 0 fully saturated rings. The van der Waals surface area contributed by atoms with Crippen LogP contribution in [0.5, 0.6) is 0 Å². The Morgan fingerprint density at radius 3 is 2.04 bits per heavy atom. The fourth-order valence-electron chi connectivity index (χ4n) is 3.44. The summed E-state index contributed by atoms with van der Waals surface area (Å²) in [4.78, 5) is 12.3. The normalized spacial score (nSPS) is 12.1. The second kappa shape index (κ2) is 14.8. The summed E-state index contributed by atoms with van der Waals surface area (Å²) < 4.78 is 5.78. The van der Waals surface area contributed by atoms with Crippen molar-refractivity contribution in [3.05, 3.63) is 35.4 Å². The smallest absolute Gasteiger partial charge is 0.338 e. The summed E-state index contributed by atoms with van der Waals surface area (Å²) in [5.74, 6) is -0.167. The molecule has 1 rings (SSSR count). The van der Waals surface area contributed by atoms with Crippen LogP contribution in [-0.2, 0) is 4.74 Å². The Morgan fingerprint density at radius 2 is 1.46 bits per heavy atom. The maximum atomic E-state index is 12.3. The van der Waals surface area contributed by atoms with Crippen LogP contribution in [0.3, 0.4) is 0 Å². The Bertz CT molecular complexity index is 481. The predicted octanol–water partition coefficient (Wildman–Crippen LogP) is 7.63. The van der Waals surface area contributed by atoms with Crippen LogP contribution in [0.15, 0.2) is 24.3 Å². The van der Waals surface area contributed by atoms with Gasteiger partial charge in [-0.3, -0.25) is 0 Å². The Morgan fingerprint density at radius 1 is 0.846 bits per heavy atom. The largest absolute Gasteiger partial charge is 0.459 e. The molecule has 1 atom stereocenters. The molecule has 0 heterocycles. The van der Waals surface area contributed by atoms with Crippen LogP contribution < -0.4 is 0 Å². The molecule has 2 nitrogen and oxygen atoms in total. The number of benzene rings is 1. The van der Waals surface area contributed by atoms with E-state index in [4.69, 9.17) is 4.74 Å². The van der Waals surface area contributed by atoms with Crippen LogP contribution >= 0.6 is 0 Å². The molecule has 1 aromatic rings. The molecule has 0 saturated heterocycles.